The van der Waals surface area contributed by atoms with Gasteiger partial charge >= 0.3 is 5.97 Å². The van der Waals surface area contributed by atoms with Gasteiger partial charge in [-0.15, -0.1) is 11.3 Å². The van der Waals surface area contributed by atoms with Crippen molar-refractivity contribution in [2.24, 2.45) is 5.92 Å². The molecule has 3 nitrogen and oxygen atoms in total. The molecule has 1 aromatic heterocycles. The van der Waals surface area contributed by atoms with Crippen molar-refractivity contribution in [3.05, 3.63) is 29.3 Å². The number of nitrogens with zero attached hydrogens (tertiary/aromatic N) is 1. The van der Waals surface area contributed by atoms with Crippen molar-refractivity contribution < 1.29 is 9.53 Å². The fourth-order valence-corrected chi connectivity index (χ4v) is 3.12. The lowest BCUT2D eigenvalue weighted by Gasteiger charge is -2.14. The zero-order valence-corrected chi connectivity index (χ0v) is 12.4. The summed E-state index contributed by atoms with van der Waals surface area (Å²) in [5.74, 6) is 0.0361. The van der Waals surface area contributed by atoms with E-state index in [1.807, 2.05) is 31.2 Å². The number of thiazole rings is 1. The number of fused-ring (bicyclic) bond motifs is 1. The van der Waals surface area contributed by atoms with Gasteiger partial charge in [0.2, 0.25) is 0 Å². The Hall–Kier alpha value is -1.42. The van der Waals surface area contributed by atoms with Crippen molar-refractivity contribution in [3.63, 3.8) is 0 Å². The van der Waals surface area contributed by atoms with E-state index in [0.717, 1.165) is 21.6 Å². The average molecular weight is 277 g/mol. The van der Waals surface area contributed by atoms with E-state index in [4.69, 9.17) is 4.74 Å². The Morgan fingerprint density at radius 1 is 1.37 bits per heavy atom. The first-order chi connectivity index (χ1) is 9.11. The lowest BCUT2D eigenvalue weighted by atomic mass is 9.98. The number of rotatable bonds is 5. The third kappa shape index (κ3) is 3.32. The summed E-state index contributed by atoms with van der Waals surface area (Å²) in [6.07, 6.45) is 0.776. The minimum absolute atomic E-state index is 0.157. The van der Waals surface area contributed by atoms with Gasteiger partial charge in [-0.1, -0.05) is 26.0 Å². The molecule has 102 valence electrons. The van der Waals surface area contributed by atoms with E-state index in [2.05, 4.69) is 18.8 Å². The number of carbonyl (C=O) groups excluding carboxylic acids is 1. The highest BCUT2D eigenvalue weighted by molar-refractivity contribution is 7.18. The van der Waals surface area contributed by atoms with Crippen molar-refractivity contribution in [2.75, 3.05) is 6.61 Å². The molecule has 2 aromatic rings. The number of aromatic nitrogens is 1. The number of carbonyl (C=O) groups is 1. The van der Waals surface area contributed by atoms with Crippen molar-refractivity contribution in [2.45, 2.75) is 33.1 Å². The molecular formula is C15H19NO2S. The first-order valence-corrected chi connectivity index (χ1v) is 7.45. The number of hydrogen-bond acceptors (Lipinski definition) is 4. The molecule has 0 saturated heterocycles. The summed E-state index contributed by atoms with van der Waals surface area (Å²) in [5, 5.41) is 0.869. The Bertz CT molecular complexity index is 529. The second-order valence-corrected chi connectivity index (χ2v) is 6.02. The van der Waals surface area contributed by atoms with Crippen LogP contribution in [0.15, 0.2) is 24.3 Å². The molecule has 0 amide bonds. The van der Waals surface area contributed by atoms with Crippen LogP contribution in [0, 0.1) is 5.92 Å². The molecule has 1 atom stereocenters. The van der Waals surface area contributed by atoms with Crippen LogP contribution in [-0.2, 0) is 9.53 Å². The zero-order chi connectivity index (χ0) is 13.8. The average Bonchev–Trinajstić information content (AvgIpc) is 2.79. The number of hydrogen-bond donors (Lipinski definition) is 0. The summed E-state index contributed by atoms with van der Waals surface area (Å²) in [4.78, 5) is 16.7. The molecule has 0 radical (unpaired) electrons. The molecule has 1 aromatic carbocycles. The van der Waals surface area contributed by atoms with Gasteiger partial charge in [-0.25, -0.2) is 4.98 Å². The second kappa shape index (κ2) is 6.15. The molecule has 0 aliphatic carbocycles. The van der Waals surface area contributed by atoms with Gasteiger partial charge in [0, 0.05) is 0 Å². The first kappa shape index (κ1) is 14.0. The van der Waals surface area contributed by atoms with Crippen LogP contribution in [0.5, 0.6) is 0 Å². The summed E-state index contributed by atoms with van der Waals surface area (Å²) < 4.78 is 6.30. The van der Waals surface area contributed by atoms with Gasteiger partial charge in [-0.05, 0) is 31.4 Å². The highest BCUT2D eigenvalue weighted by Crippen LogP contribution is 2.32. The molecular weight excluding hydrogens is 258 g/mol. The van der Waals surface area contributed by atoms with Crippen LogP contribution in [-0.4, -0.2) is 17.6 Å². The second-order valence-electron chi connectivity index (χ2n) is 4.95. The topological polar surface area (TPSA) is 39.2 Å². The smallest absolute Gasteiger partial charge is 0.315 e. The number of para-hydroxylation sites is 1. The molecule has 0 fully saturated rings. The summed E-state index contributed by atoms with van der Waals surface area (Å²) in [7, 11) is 0. The Morgan fingerprint density at radius 2 is 2.11 bits per heavy atom. The highest BCUT2D eigenvalue weighted by Gasteiger charge is 2.26. The predicted molar refractivity (Wildman–Crippen MR) is 78.4 cm³/mol. The minimum Gasteiger partial charge on any atom is -0.465 e. The third-order valence-electron chi connectivity index (χ3n) is 2.89. The van der Waals surface area contributed by atoms with Crippen LogP contribution in [0.25, 0.3) is 10.2 Å². The maximum atomic E-state index is 12.1. The zero-order valence-electron chi connectivity index (χ0n) is 11.6. The summed E-state index contributed by atoms with van der Waals surface area (Å²) >= 11 is 1.59. The number of benzene rings is 1. The molecule has 1 heterocycles. The molecule has 4 heteroatoms. The van der Waals surface area contributed by atoms with Gasteiger partial charge in [0.25, 0.3) is 0 Å². The van der Waals surface area contributed by atoms with Crippen LogP contribution in [0.2, 0.25) is 0 Å². The van der Waals surface area contributed by atoms with Gasteiger partial charge in [-0.3, -0.25) is 4.79 Å². The lowest BCUT2D eigenvalue weighted by Crippen LogP contribution is -2.17. The molecule has 2 rings (SSSR count). The maximum absolute atomic E-state index is 12.1. The van der Waals surface area contributed by atoms with E-state index in [-0.39, 0.29) is 11.9 Å². The molecule has 0 saturated carbocycles. The van der Waals surface area contributed by atoms with Crippen LogP contribution in [0.1, 0.15) is 38.1 Å². The van der Waals surface area contributed by atoms with E-state index in [1.165, 1.54) is 0 Å². The van der Waals surface area contributed by atoms with E-state index >= 15 is 0 Å². The first-order valence-electron chi connectivity index (χ1n) is 6.64. The van der Waals surface area contributed by atoms with Crippen molar-refractivity contribution in [1.82, 2.24) is 4.98 Å². The van der Waals surface area contributed by atoms with Crippen molar-refractivity contribution in [3.8, 4) is 0 Å². The van der Waals surface area contributed by atoms with Gasteiger partial charge in [0.05, 0.1) is 16.8 Å². The Labute approximate surface area is 117 Å². The summed E-state index contributed by atoms with van der Waals surface area (Å²) in [6, 6.07) is 7.97. The van der Waals surface area contributed by atoms with Crippen LogP contribution in [0.4, 0.5) is 0 Å². The van der Waals surface area contributed by atoms with E-state index in [1.54, 1.807) is 11.3 Å². The SMILES string of the molecule is CCOC(=O)C(CC(C)C)c1nc2ccccc2s1. The normalized spacial score (nSPS) is 12.8. The Balaban J connectivity index is 2.33. The monoisotopic (exact) mass is 277 g/mol. The molecule has 19 heavy (non-hydrogen) atoms. The van der Waals surface area contributed by atoms with E-state index in [0.29, 0.717) is 12.5 Å². The van der Waals surface area contributed by atoms with Gasteiger partial charge in [-0.2, -0.15) is 0 Å². The third-order valence-corrected chi connectivity index (χ3v) is 4.04. The maximum Gasteiger partial charge on any atom is 0.315 e. The van der Waals surface area contributed by atoms with E-state index in [9.17, 15) is 4.79 Å². The fourth-order valence-electron chi connectivity index (χ4n) is 2.05. The van der Waals surface area contributed by atoms with Crippen molar-refractivity contribution >= 4 is 27.5 Å². The van der Waals surface area contributed by atoms with Crippen LogP contribution in [0.3, 0.4) is 0 Å². The molecule has 0 bridgehead atoms. The summed E-state index contributed by atoms with van der Waals surface area (Å²) in [6.45, 7) is 6.47. The minimum atomic E-state index is -0.239. The van der Waals surface area contributed by atoms with Crippen molar-refractivity contribution in [1.29, 1.82) is 0 Å². The fraction of sp³-hybridized carbons (Fsp3) is 0.467. The highest BCUT2D eigenvalue weighted by atomic mass is 32.1. The molecule has 1 unspecified atom stereocenters. The Kier molecular flexibility index (Phi) is 4.53. The van der Waals surface area contributed by atoms with E-state index < -0.39 is 0 Å². The van der Waals surface area contributed by atoms with Gasteiger partial charge < -0.3 is 4.74 Å². The predicted octanol–water partition coefficient (Wildman–Crippen LogP) is 3.99. The van der Waals surface area contributed by atoms with Gasteiger partial charge in [0.15, 0.2) is 0 Å². The lowest BCUT2D eigenvalue weighted by molar-refractivity contribution is -0.145. The molecule has 0 spiro atoms. The number of esters is 1. The number of ether oxygens (including phenoxy) is 1. The standard InChI is InChI=1S/C15H19NO2S/c1-4-18-15(17)11(9-10(2)3)14-16-12-7-5-6-8-13(12)19-14/h5-8,10-11H,4,9H2,1-3H3. The largest absolute Gasteiger partial charge is 0.465 e. The summed E-state index contributed by atoms with van der Waals surface area (Å²) in [5.41, 5.74) is 0.959. The van der Waals surface area contributed by atoms with Gasteiger partial charge in [0.1, 0.15) is 10.9 Å². The molecule has 0 N–H and O–H groups in total. The molecule has 0 aliphatic rings. The quantitative estimate of drug-likeness (QED) is 0.776. The molecule has 0 aliphatic heterocycles. The van der Waals surface area contributed by atoms with Crippen LogP contribution >= 0.6 is 11.3 Å². The Morgan fingerprint density at radius 3 is 2.74 bits per heavy atom. The van der Waals surface area contributed by atoms with Crippen LogP contribution < -0.4 is 0 Å².